The Labute approximate surface area is 118 Å². The Kier molecular flexibility index (Phi) is 4.04. The van der Waals surface area contributed by atoms with Gasteiger partial charge in [0.2, 0.25) is 0 Å². The highest BCUT2D eigenvalue weighted by molar-refractivity contribution is 7.92. The van der Waals surface area contributed by atoms with Crippen LogP contribution in [0.15, 0.2) is 41.6 Å². The normalized spacial score (nSPS) is 11.6. The number of ether oxygens (including phenoxy) is 1. The average molecular weight is 292 g/mol. The zero-order valence-corrected chi connectivity index (χ0v) is 12.4. The minimum atomic E-state index is -3.38. The fourth-order valence-electron chi connectivity index (χ4n) is 1.71. The van der Waals surface area contributed by atoms with Crippen LogP contribution in [0.5, 0.6) is 5.75 Å². The molecule has 0 N–H and O–H groups in total. The topological polar surface area (TPSA) is 69.2 Å². The molecule has 0 saturated carbocycles. The van der Waals surface area contributed by atoms with Gasteiger partial charge in [0.25, 0.3) is 0 Å². The molecule has 0 aliphatic rings. The molecule has 6 heteroatoms. The largest absolute Gasteiger partial charge is 0.494 e. The van der Waals surface area contributed by atoms with E-state index in [2.05, 4.69) is 9.97 Å². The third-order valence-corrected chi connectivity index (χ3v) is 5.13. The maximum Gasteiger partial charge on any atom is 0.181 e. The average Bonchev–Trinajstić information content (AvgIpc) is 2.47. The van der Waals surface area contributed by atoms with Crippen LogP contribution in [0.1, 0.15) is 13.8 Å². The molecule has 5 nitrogen and oxygen atoms in total. The van der Waals surface area contributed by atoms with Crippen molar-refractivity contribution in [3.63, 3.8) is 0 Å². The molecule has 0 amide bonds. The van der Waals surface area contributed by atoms with Gasteiger partial charge in [-0.3, -0.25) is 0 Å². The van der Waals surface area contributed by atoms with Crippen molar-refractivity contribution in [2.24, 2.45) is 0 Å². The van der Waals surface area contributed by atoms with Crippen LogP contribution in [0.2, 0.25) is 0 Å². The first-order valence-electron chi connectivity index (χ1n) is 6.16. The molecule has 1 aromatic carbocycles. The molecule has 0 fully saturated rings. The second-order valence-electron chi connectivity index (χ2n) is 4.54. The summed E-state index contributed by atoms with van der Waals surface area (Å²) in [5.74, 6) is 0.892. The monoisotopic (exact) mass is 292 g/mol. The molecule has 0 aliphatic carbocycles. The van der Waals surface area contributed by atoms with E-state index >= 15 is 0 Å². The molecule has 0 bridgehead atoms. The van der Waals surface area contributed by atoms with E-state index in [-0.39, 0.29) is 4.90 Å². The zero-order valence-electron chi connectivity index (χ0n) is 11.6. The molecule has 2 rings (SSSR count). The van der Waals surface area contributed by atoms with Crippen molar-refractivity contribution < 1.29 is 13.2 Å². The number of aromatic nitrogens is 2. The molecular formula is C14H16N2O3S. The summed E-state index contributed by atoms with van der Waals surface area (Å²) >= 11 is 0. The highest BCUT2D eigenvalue weighted by atomic mass is 32.2. The first-order valence-corrected chi connectivity index (χ1v) is 7.70. The molecule has 1 heterocycles. The van der Waals surface area contributed by atoms with Crippen LogP contribution < -0.4 is 4.74 Å². The Balaban J connectivity index is 2.58. The van der Waals surface area contributed by atoms with E-state index < -0.39 is 15.1 Å². The molecule has 20 heavy (non-hydrogen) atoms. The van der Waals surface area contributed by atoms with Gasteiger partial charge in [0.15, 0.2) is 21.4 Å². The van der Waals surface area contributed by atoms with Crippen LogP contribution in [0.25, 0.3) is 11.4 Å². The number of hydrogen-bond acceptors (Lipinski definition) is 5. The Morgan fingerprint density at radius 3 is 2.25 bits per heavy atom. The van der Waals surface area contributed by atoms with Gasteiger partial charge < -0.3 is 4.74 Å². The molecule has 0 unspecified atom stereocenters. The number of sulfone groups is 1. The van der Waals surface area contributed by atoms with Crippen molar-refractivity contribution in [1.82, 2.24) is 9.97 Å². The van der Waals surface area contributed by atoms with E-state index in [9.17, 15) is 8.42 Å². The summed E-state index contributed by atoms with van der Waals surface area (Å²) in [6.45, 7) is 3.31. The van der Waals surface area contributed by atoms with Crippen molar-refractivity contribution in [2.75, 3.05) is 7.11 Å². The van der Waals surface area contributed by atoms with Crippen LogP contribution in [-0.4, -0.2) is 30.7 Å². The molecule has 2 aromatic rings. The first-order chi connectivity index (χ1) is 9.46. The van der Waals surface area contributed by atoms with Crippen LogP contribution in [0.4, 0.5) is 0 Å². The van der Waals surface area contributed by atoms with Crippen molar-refractivity contribution in [3.05, 3.63) is 36.7 Å². The molecule has 0 spiro atoms. The number of methoxy groups -OCH3 is 1. The second kappa shape index (κ2) is 5.58. The zero-order chi connectivity index (χ0) is 14.8. The summed E-state index contributed by atoms with van der Waals surface area (Å²) in [4.78, 5) is 8.56. The fraction of sp³-hybridized carbons (Fsp3) is 0.286. The molecular weight excluding hydrogens is 276 g/mol. The summed E-state index contributed by atoms with van der Waals surface area (Å²) < 4.78 is 29.7. The van der Waals surface area contributed by atoms with Gasteiger partial charge in [-0.2, -0.15) is 0 Å². The minimum absolute atomic E-state index is 0.250. The molecule has 0 aliphatic heterocycles. The Morgan fingerprint density at radius 2 is 1.70 bits per heavy atom. The van der Waals surface area contributed by atoms with Gasteiger partial charge in [0.1, 0.15) is 0 Å². The van der Waals surface area contributed by atoms with Gasteiger partial charge >= 0.3 is 0 Å². The van der Waals surface area contributed by atoms with Crippen LogP contribution in [-0.2, 0) is 9.84 Å². The molecule has 106 valence electrons. The van der Waals surface area contributed by atoms with E-state index in [1.165, 1.54) is 19.5 Å². The summed E-state index contributed by atoms with van der Waals surface area (Å²) in [6, 6.07) is 6.75. The van der Waals surface area contributed by atoms with Crippen molar-refractivity contribution in [3.8, 4) is 17.1 Å². The maximum atomic E-state index is 12.4. The summed E-state index contributed by atoms with van der Waals surface area (Å²) in [7, 11) is -1.86. The van der Waals surface area contributed by atoms with Gasteiger partial charge in [0.05, 0.1) is 29.6 Å². The standard InChI is InChI=1S/C14H16N2O3S/c1-10(2)20(17,18)13-7-5-4-6-12(13)14-15-8-11(19-3)9-16-14/h4-10H,1-3H3. The van der Waals surface area contributed by atoms with Crippen molar-refractivity contribution in [1.29, 1.82) is 0 Å². The molecule has 0 atom stereocenters. The SMILES string of the molecule is COc1cnc(-c2ccccc2S(=O)(=O)C(C)C)nc1. The van der Waals surface area contributed by atoms with Crippen LogP contribution >= 0.6 is 0 Å². The van der Waals surface area contributed by atoms with E-state index in [1.807, 2.05) is 0 Å². The lowest BCUT2D eigenvalue weighted by atomic mass is 10.2. The molecule has 0 saturated heterocycles. The van der Waals surface area contributed by atoms with E-state index in [0.29, 0.717) is 17.1 Å². The van der Waals surface area contributed by atoms with Crippen LogP contribution in [0, 0.1) is 0 Å². The third-order valence-electron chi connectivity index (χ3n) is 2.92. The summed E-state index contributed by atoms with van der Waals surface area (Å²) in [5, 5.41) is -0.498. The number of nitrogens with zero attached hydrogens (tertiary/aromatic N) is 2. The van der Waals surface area contributed by atoms with Crippen molar-refractivity contribution in [2.45, 2.75) is 24.0 Å². The number of rotatable bonds is 4. The van der Waals surface area contributed by atoms with Gasteiger partial charge in [-0.05, 0) is 26.0 Å². The lowest BCUT2D eigenvalue weighted by Crippen LogP contribution is -2.15. The Bertz CT molecular complexity index is 695. The van der Waals surface area contributed by atoms with Gasteiger partial charge in [-0.1, -0.05) is 12.1 Å². The van der Waals surface area contributed by atoms with Crippen LogP contribution in [0.3, 0.4) is 0 Å². The highest BCUT2D eigenvalue weighted by Gasteiger charge is 2.23. The third kappa shape index (κ3) is 2.65. The summed E-state index contributed by atoms with van der Waals surface area (Å²) in [6.07, 6.45) is 3.03. The Morgan fingerprint density at radius 1 is 1.10 bits per heavy atom. The maximum absolute atomic E-state index is 12.4. The predicted octanol–water partition coefficient (Wildman–Crippen LogP) is 2.33. The smallest absolute Gasteiger partial charge is 0.181 e. The predicted molar refractivity (Wildman–Crippen MR) is 76.3 cm³/mol. The number of benzene rings is 1. The highest BCUT2D eigenvalue weighted by Crippen LogP contribution is 2.27. The minimum Gasteiger partial charge on any atom is -0.494 e. The first kappa shape index (κ1) is 14.5. The van der Waals surface area contributed by atoms with E-state index in [4.69, 9.17) is 4.74 Å². The summed E-state index contributed by atoms with van der Waals surface area (Å²) in [5.41, 5.74) is 0.504. The number of hydrogen-bond donors (Lipinski definition) is 0. The van der Waals surface area contributed by atoms with Gasteiger partial charge in [0, 0.05) is 5.56 Å². The van der Waals surface area contributed by atoms with Gasteiger partial charge in [-0.15, -0.1) is 0 Å². The van der Waals surface area contributed by atoms with Gasteiger partial charge in [-0.25, -0.2) is 18.4 Å². The van der Waals surface area contributed by atoms with E-state index in [1.54, 1.807) is 38.1 Å². The molecule has 1 aromatic heterocycles. The lowest BCUT2D eigenvalue weighted by Gasteiger charge is -2.12. The quantitative estimate of drug-likeness (QED) is 0.865. The fourth-order valence-corrected chi connectivity index (χ4v) is 2.96. The molecule has 0 radical (unpaired) electrons. The Hall–Kier alpha value is -1.95. The lowest BCUT2D eigenvalue weighted by molar-refractivity contribution is 0.411. The van der Waals surface area contributed by atoms with Crippen molar-refractivity contribution >= 4 is 9.84 Å². The van der Waals surface area contributed by atoms with E-state index in [0.717, 1.165) is 0 Å². The second-order valence-corrected chi connectivity index (χ2v) is 7.01.